The lowest BCUT2D eigenvalue weighted by Crippen LogP contribution is -2.42. The van der Waals surface area contributed by atoms with Crippen molar-refractivity contribution in [3.63, 3.8) is 0 Å². The summed E-state index contributed by atoms with van der Waals surface area (Å²) in [7, 11) is 0. The van der Waals surface area contributed by atoms with Gasteiger partial charge in [0.1, 0.15) is 11.9 Å². The highest BCUT2D eigenvalue weighted by molar-refractivity contribution is 6.01. The molecule has 1 aliphatic rings. The molecule has 4 rings (SSSR count). The largest absolute Gasteiger partial charge is 0.493 e. The van der Waals surface area contributed by atoms with Crippen molar-refractivity contribution in [3.05, 3.63) is 95.6 Å². The highest BCUT2D eigenvalue weighted by Gasteiger charge is 2.31. The third-order valence-electron chi connectivity index (χ3n) is 5.04. The number of hydrogen-bond donors (Lipinski definition) is 1. The van der Waals surface area contributed by atoms with E-state index in [9.17, 15) is 4.79 Å². The van der Waals surface area contributed by atoms with Crippen LogP contribution in [0.3, 0.4) is 0 Å². The van der Waals surface area contributed by atoms with Crippen molar-refractivity contribution in [3.8, 4) is 5.75 Å². The first-order valence-corrected chi connectivity index (χ1v) is 9.69. The molecule has 4 heteroatoms. The Kier molecular flexibility index (Phi) is 5.29. The Morgan fingerprint density at radius 1 is 0.964 bits per heavy atom. The van der Waals surface area contributed by atoms with Gasteiger partial charge in [0.25, 0.3) is 5.91 Å². The fourth-order valence-electron chi connectivity index (χ4n) is 3.59. The smallest absolute Gasteiger partial charge is 0.257 e. The molecule has 1 heterocycles. The van der Waals surface area contributed by atoms with Gasteiger partial charge in [0.2, 0.25) is 0 Å². The van der Waals surface area contributed by atoms with E-state index >= 15 is 0 Å². The summed E-state index contributed by atoms with van der Waals surface area (Å²) in [6, 6.07) is 26.0. The number of fused-ring (bicyclic) bond motifs is 1. The summed E-state index contributed by atoms with van der Waals surface area (Å²) >= 11 is 0. The highest BCUT2D eigenvalue weighted by Crippen LogP contribution is 2.33. The molecule has 4 nitrogen and oxygen atoms in total. The van der Waals surface area contributed by atoms with E-state index in [-0.39, 0.29) is 12.1 Å². The van der Waals surface area contributed by atoms with Crippen LogP contribution in [-0.4, -0.2) is 24.0 Å². The third kappa shape index (κ3) is 3.72. The number of nitrogens with zero attached hydrogens (tertiary/aromatic N) is 1. The fraction of sp³-hybridized carbons (Fsp3) is 0.208. The van der Waals surface area contributed by atoms with E-state index in [0.29, 0.717) is 13.2 Å². The van der Waals surface area contributed by atoms with Gasteiger partial charge in [0.05, 0.1) is 12.2 Å². The van der Waals surface area contributed by atoms with E-state index < -0.39 is 0 Å². The van der Waals surface area contributed by atoms with Gasteiger partial charge in [-0.3, -0.25) is 4.79 Å². The van der Waals surface area contributed by atoms with Crippen molar-refractivity contribution in [1.82, 2.24) is 4.90 Å². The summed E-state index contributed by atoms with van der Waals surface area (Å²) in [5, 5.41) is 3.50. The van der Waals surface area contributed by atoms with Crippen LogP contribution in [0.4, 0.5) is 5.69 Å². The Morgan fingerprint density at radius 3 is 2.57 bits per heavy atom. The van der Waals surface area contributed by atoms with Crippen molar-refractivity contribution >= 4 is 11.6 Å². The zero-order valence-electron chi connectivity index (χ0n) is 16.0. The quantitative estimate of drug-likeness (QED) is 0.669. The predicted octanol–water partition coefficient (Wildman–Crippen LogP) is 4.89. The molecule has 3 aromatic carbocycles. The van der Waals surface area contributed by atoms with Crippen molar-refractivity contribution in [2.75, 3.05) is 18.5 Å². The van der Waals surface area contributed by atoms with Gasteiger partial charge in [-0.1, -0.05) is 54.6 Å². The normalized spacial score (nSPS) is 15.7. The minimum atomic E-state index is -0.204. The molecule has 0 aliphatic carbocycles. The lowest BCUT2D eigenvalue weighted by Gasteiger charge is -2.37. The summed E-state index contributed by atoms with van der Waals surface area (Å²) in [4.78, 5) is 14.8. The summed E-state index contributed by atoms with van der Waals surface area (Å²) in [5.41, 5.74) is 3.86. The number of nitrogens with one attached hydrogen (secondary N) is 1. The molecule has 0 bridgehead atoms. The maximum Gasteiger partial charge on any atom is 0.257 e. The van der Waals surface area contributed by atoms with E-state index in [1.165, 1.54) is 5.56 Å². The Labute approximate surface area is 165 Å². The molecule has 0 saturated heterocycles. The molecule has 28 heavy (non-hydrogen) atoms. The number of carbonyl (C=O) groups excluding carboxylic acids is 1. The van der Waals surface area contributed by atoms with Crippen molar-refractivity contribution in [2.24, 2.45) is 0 Å². The lowest BCUT2D eigenvalue weighted by atomic mass is 10.0. The van der Waals surface area contributed by atoms with Crippen LogP contribution < -0.4 is 10.1 Å². The molecule has 3 aromatic rings. The summed E-state index contributed by atoms with van der Waals surface area (Å²) in [6.07, 6.45) is 0.657. The Balaban J connectivity index is 1.51. The molecular formula is C24H24N2O2. The molecule has 0 fully saturated rings. The number of amides is 1. The van der Waals surface area contributed by atoms with Gasteiger partial charge in [-0.05, 0) is 42.3 Å². The van der Waals surface area contributed by atoms with Gasteiger partial charge in [-0.25, -0.2) is 0 Å². The number of carbonyl (C=O) groups is 1. The van der Waals surface area contributed by atoms with E-state index in [1.807, 2.05) is 78.6 Å². The van der Waals surface area contributed by atoms with Crippen LogP contribution in [0.5, 0.6) is 5.75 Å². The topological polar surface area (TPSA) is 41.6 Å². The van der Waals surface area contributed by atoms with Gasteiger partial charge >= 0.3 is 0 Å². The summed E-state index contributed by atoms with van der Waals surface area (Å²) in [6.45, 7) is 3.25. The van der Waals surface area contributed by atoms with Crippen LogP contribution in [0.15, 0.2) is 78.9 Å². The molecule has 1 amide bonds. The van der Waals surface area contributed by atoms with Crippen LogP contribution in [-0.2, 0) is 6.42 Å². The van der Waals surface area contributed by atoms with Crippen LogP contribution >= 0.6 is 0 Å². The first-order valence-electron chi connectivity index (χ1n) is 9.69. The van der Waals surface area contributed by atoms with Gasteiger partial charge < -0.3 is 15.0 Å². The average Bonchev–Trinajstić information content (AvgIpc) is 2.75. The van der Waals surface area contributed by atoms with Crippen molar-refractivity contribution in [1.29, 1.82) is 0 Å². The van der Waals surface area contributed by atoms with Crippen LogP contribution in [0.1, 0.15) is 34.6 Å². The molecule has 0 aromatic heterocycles. The lowest BCUT2D eigenvalue weighted by molar-refractivity contribution is 0.0694. The molecule has 1 atom stereocenters. The van der Waals surface area contributed by atoms with E-state index in [0.717, 1.165) is 29.0 Å². The number of benzene rings is 3. The average molecular weight is 372 g/mol. The molecule has 1 aliphatic heterocycles. The maximum atomic E-state index is 12.9. The van der Waals surface area contributed by atoms with Gasteiger partial charge in [-0.2, -0.15) is 0 Å². The SMILES string of the molecule is CCN1C(=O)c2ccccc2NC1c1cccc(OCCc2ccccc2)c1. The second-order valence-corrected chi connectivity index (χ2v) is 6.84. The van der Waals surface area contributed by atoms with Crippen LogP contribution in [0, 0.1) is 0 Å². The molecule has 0 spiro atoms. The third-order valence-corrected chi connectivity index (χ3v) is 5.04. The predicted molar refractivity (Wildman–Crippen MR) is 112 cm³/mol. The Morgan fingerprint density at radius 2 is 1.75 bits per heavy atom. The van der Waals surface area contributed by atoms with E-state index in [4.69, 9.17) is 4.74 Å². The Hall–Kier alpha value is -3.27. The van der Waals surface area contributed by atoms with Crippen LogP contribution in [0.25, 0.3) is 0 Å². The highest BCUT2D eigenvalue weighted by atomic mass is 16.5. The minimum Gasteiger partial charge on any atom is -0.493 e. The van der Waals surface area contributed by atoms with E-state index in [1.54, 1.807) is 0 Å². The molecule has 142 valence electrons. The molecule has 0 saturated carbocycles. The molecular weight excluding hydrogens is 348 g/mol. The number of hydrogen-bond acceptors (Lipinski definition) is 3. The Bertz CT molecular complexity index is 956. The molecule has 1 N–H and O–H groups in total. The first-order chi connectivity index (χ1) is 13.8. The van der Waals surface area contributed by atoms with Gasteiger partial charge in [0, 0.05) is 18.7 Å². The summed E-state index contributed by atoms with van der Waals surface area (Å²) in [5.74, 6) is 0.870. The molecule has 0 radical (unpaired) electrons. The number of anilines is 1. The zero-order valence-corrected chi connectivity index (χ0v) is 16.0. The standard InChI is InChI=1S/C24H24N2O2/c1-2-26-23(25-22-14-7-6-13-21(22)24(26)27)19-11-8-12-20(17-19)28-16-15-18-9-4-3-5-10-18/h3-14,17,23,25H,2,15-16H2,1H3. The van der Waals surface area contributed by atoms with Crippen molar-refractivity contribution < 1.29 is 9.53 Å². The minimum absolute atomic E-state index is 0.0530. The van der Waals surface area contributed by atoms with Gasteiger partial charge in [-0.15, -0.1) is 0 Å². The van der Waals surface area contributed by atoms with Crippen molar-refractivity contribution in [2.45, 2.75) is 19.5 Å². The number of ether oxygens (including phenoxy) is 1. The zero-order chi connectivity index (χ0) is 19.3. The first kappa shape index (κ1) is 18.1. The van der Waals surface area contributed by atoms with Crippen LogP contribution in [0.2, 0.25) is 0 Å². The van der Waals surface area contributed by atoms with E-state index in [2.05, 4.69) is 17.4 Å². The second-order valence-electron chi connectivity index (χ2n) is 6.84. The fourth-order valence-corrected chi connectivity index (χ4v) is 3.59. The molecule has 1 unspecified atom stereocenters. The monoisotopic (exact) mass is 372 g/mol. The summed E-state index contributed by atoms with van der Waals surface area (Å²) < 4.78 is 5.98. The van der Waals surface area contributed by atoms with Gasteiger partial charge in [0.15, 0.2) is 0 Å². The number of rotatable bonds is 6. The number of para-hydroxylation sites is 1. The maximum absolute atomic E-state index is 12.9. The second kappa shape index (κ2) is 8.17.